The van der Waals surface area contributed by atoms with E-state index in [2.05, 4.69) is 22.6 Å². The van der Waals surface area contributed by atoms with E-state index in [4.69, 9.17) is 5.73 Å². The molecule has 0 bridgehead atoms. The largest absolute Gasteiger partial charge is 0.326 e. The molecule has 4 nitrogen and oxygen atoms in total. The van der Waals surface area contributed by atoms with Crippen LogP contribution < -0.4 is 5.73 Å². The van der Waals surface area contributed by atoms with Crippen molar-refractivity contribution in [3.05, 3.63) is 36.9 Å². The number of halogens is 1. The molecule has 0 aliphatic rings. The van der Waals surface area contributed by atoms with Crippen LogP contribution in [0.2, 0.25) is 0 Å². The van der Waals surface area contributed by atoms with Gasteiger partial charge in [0.15, 0.2) is 0 Å². The van der Waals surface area contributed by atoms with Crippen molar-refractivity contribution in [2.24, 2.45) is 5.73 Å². The first-order valence-electron chi connectivity index (χ1n) is 3.69. The number of nitro groups is 1. The highest BCUT2D eigenvalue weighted by molar-refractivity contribution is 14.1. The van der Waals surface area contributed by atoms with Crippen LogP contribution in [0, 0.1) is 20.6 Å². The zero-order valence-corrected chi connectivity index (χ0v) is 9.24. The Morgan fingerprint density at radius 3 is 2.69 bits per heavy atom. The molecule has 1 aromatic carbocycles. The summed E-state index contributed by atoms with van der Waals surface area (Å²) in [5.74, 6) is 0. The zero-order chi connectivity index (χ0) is 10.0. The molecule has 0 aromatic heterocycles. The molecule has 2 N–H and O–H groups in total. The quantitative estimate of drug-likeness (QED) is 0.514. The number of nitrogens with zero attached hydrogens (tertiary/aromatic N) is 1. The van der Waals surface area contributed by atoms with Crippen LogP contribution in [-0.4, -0.2) is 4.92 Å². The second-order valence-corrected chi connectivity index (χ2v) is 3.87. The van der Waals surface area contributed by atoms with Crippen molar-refractivity contribution >= 4 is 28.3 Å². The first-order chi connectivity index (χ1) is 6.06. The second-order valence-electron chi connectivity index (χ2n) is 2.71. The third kappa shape index (κ3) is 2.16. The summed E-state index contributed by atoms with van der Waals surface area (Å²) >= 11 is 2.06. The minimum Gasteiger partial charge on any atom is -0.326 e. The first kappa shape index (κ1) is 10.4. The smallest absolute Gasteiger partial charge is 0.275 e. The van der Waals surface area contributed by atoms with Crippen molar-refractivity contribution in [2.45, 2.75) is 13.5 Å². The molecule has 0 radical (unpaired) electrons. The van der Waals surface area contributed by atoms with Crippen LogP contribution in [0.5, 0.6) is 0 Å². The van der Waals surface area contributed by atoms with Gasteiger partial charge in [-0.05, 0) is 41.1 Å². The SMILES string of the molecule is Cc1cc(I)c(CN)c([N+](=O)[O-])c1. The van der Waals surface area contributed by atoms with Gasteiger partial charge < -0.3 is 5.73 Å². The maximum atomic E-state index is 10.6. The average Bonchev–Trinajstić information content (AvgIpc) is 2.02. The summed E-state index contributed by atoms with van der Waals surface area (Å²) in [6, 6.07) is 3.43. The lowest BCUT2D eigenvalue weighted by molar-refractivity contribution is -0.385. The maximum Gasteiger partial charge on any atom is 0.275 e. The Bertz CT molecular complexity index is 352. The zero-order valence-electron chi connectivity index (χ0n) is 7.08. The molecule has 0 heterocycles. The van der Waals surface area contributed by atoms with E-state index in [1.807, 2.05) is 13.0 Å². The van der Waals surface area contributed by atoms with Crippen LogP contribution in [0.15, 0.2) is 12.1 Å². The summed E-state index contributed by atoms with van der Waals surface area (Å²) in [5.41, 5.74) is 7.04. The first-order valence-corrected chi connectivity index (χ1v) is 4.77. The Morgan fingerprint density at radius 2 is 2.23 bits per heavy atom. The lowest BCUT2D eigenvalue weighted by Crippen LogP contribution is -2.04. The molecule has 13 heavy (non-hydrogen) atoms. The lowest BCUT2D eigenvalue weighted by Gasteiger charge is -2.03. The van der Waals surface area contributed by atoms with Crippen LogP contribution >= 0.6 is 22.6 Å². The second kappa shape index (κ2) is 4.01. The van der Waals surface area contributed by atoms with Gasteiger partial charge in [-0.25, -0.2) is 0 Å². The molecule has 0 fully saturated rings. The minimum atomic E-state index is -0.392. The van der Waals surface area contributed by atoms with Crippen LogP contribution in [0.1, 0.15) is 11.1 Å². The van der Waals surface area contributed by atoms with Gasteiger partial charge in [0, 0.05) is 16.2 Å². The van der Waals surface area contributed by atoms with Crippen molar-refractivity contribution in [3.63, 3.8) is 0 Å². The average molecular weight is 292 g/mol. The molecule has 0 aliphatic carbocycles. The molecule has 0 saturated heterocycles. The molecule has 0 spiro atoms. The van der Waals surface area contributed by atoms with Crippen molar-refractivity contribution < 1.29 is 4.92 Å². The summed E-state index contributed by atoms with van der Waals surface area (Å²) in [6.07, 6.45) is 0. The third-order valence-electron chi connectivity index (χ3n) is 1.72. The number of benzene rings is 1. The Kier molecular flexibility index (Phi) is 3.21. The van der Waals surface area contributed by atoms with Gasteiger partial charge in [-0.1, -0.05) is 0 Å². The minimum absolute atomic E-state index is 0.118. The van der Waals surface area contributed by atoms with Crippen LogP contribution in [0.4, 0.5) is 5.69 Å². The van der Waals surface area contributed by atoms with Crippen LogP contribution in [0.3, 0.4) is 0 Å². The van der Waals surface area contributed by atoms with E-state index in [-0.39, 0.29) is 12.2 Å². The van der Waals surface area contributed by atoms with E-state index < -0.39 is 4.92 Å². The topological polar surface area (TPSA) is 69.2 Å². The molecule has 0 saturated carbocycles. The van der Waals surface area contributed by atoms with E-state index in [1.54, 1.807) is 6.07 Å². The van der Waals surface area contributed by atoms with Gasteiger partial charge in [-0.15, -0.1) is 0 Å². The van der Waals surface area contributed by atoms with E-state index in [0.29, 0.717) is 5.56 Å². The van der Waals surface area contributed by atoms with Gasteiger partial charge in [0.05, 0.1) is 10.5 Å². The summed E-state index contributed by atoms with van der Waals surface area (Å²) < 4.78 is 0.854. The number of rotatable bonds is 2. The Morgan fingerprint density at radius 1 is 1.62 bits per heavy atom. The monoisotopic (exact) mass is 292 g/mol. The summed E-state index contributed by atoms with van der Waals surface area (Å²) in [4.78, 5) is 10.2. The van der Waals surface area contributed by atoms with E-state index in [0.717, 1.165) is 9.13 Å². The van der Waals surface area contributed by atoms with Gasteiger partial charge in [-0.2, -0.15) is 0 Å². The molecule has 0 amide bonds. The molecule has 0 atom stereocenters. The molecule has 0 aliphatic heterocycles. The predicted molar refractivity (Wildman–Crippen MR) is 58.4 cm³/mol. The van der Waals surface area contributed by atoms with E-state index in [9.17, 15) is 10.1 Å². The molecule has 1 aromatic rings. The highest BCUT2D eigenvalue weighted by Gasteiger charge is 2.15. The number of hydrogen-bond donors (Lipinski definition) is 1. The standard InChI is InChI=1S/C8H9IN2O2/c1-5-2-7(9)6(4-10)8(3-5)11(12)13/h2-3H,4,10H2,1H3. The maximum absolute atomic E-state index is 10.6. The molecular formula is C8H9IN2O2. The fourth-order valence-corrected chi connectivity index (χ4v) is 2.11. The number of nitrogens with two attached hydrogens (primary N) is 1. The number of nitro benzene ring substituents is 1. The van der Waals surface area contributed by atoms with Crippen molar-refractivity contribution in [2.75, 3.05) is 0 Å². The van der Waals surface area contributed by atoms with Crippen molar-refractivity contribution in [1.82, 2.24) is 0 Å². The Hall–Kier alpha value is -0.690. The van der Waals surface area contributed by atoms with Crippen LogP contribution in [0.25, 0.3) is 0 Å². The van der Waals surface area contributed by atoms with Gasteiger partial charge in [-0.3, -0.25) is 10.1 Å². The molecule has 5 heteroatoms. The number of aryl methyl sites for hydroxylation is 1. The fourth-order valence-electron chi connectivity index (χ4n) is 1.12. The highest BCUT2D eigenvalue weighted by Crippen LogP contribution is 2.25. The third-order valence-corrected chi connectivity index (χ3v) is 2.68. The van der Waals surface area contributed by atoms with Gasteiger partial charge in [0.25, 0.3) is 5.69 Å². The van der Waals surface area contributed by atoms with E-state index >= 15 is 0 Å². The van der Waals surface area contributed by atoms with Crippen molar-refractivity contribution in [3.8, 4) is 0 Å². The van der Waals surface area contributed by atoms with Gasteiger partial charge in [0.2, 0.25) is 0 Å². The molecule has 0 unspecified atom stereocenters. The Balaban J connectivity index is 3.38. The fraction of sp³-hybridized carbons (Fsp3) is 0.250. The molecular weight excluding hydrogens is 283 g/mol. The predicted octanol–water partition coefficient (Wildman–Crippen LogP) is 1.97. The van der Waals surface area contributed by atoms with Crippen molar-refractivity contribution in [1.29, 1.82) is 0 Å². The highest BCUT2D eigenvalue weighted by atomic mass is 127. The normalized spacial score (nSPS) is 10.1. The molecule has 70 valence electrons. The molecule has 1 rings (SSSR count). The summed E-state index contributed by atoms with van der Waals surface area (Å²) in [7, 11) is 0. The Labute approximate surface area is 89.4 Å². The van der Waals surface area contributed by atoms with Crippen LogP contribution in [-0.2, 0) is 6.54 Å². The van der Waals surface area contributed by atoms with E-state index in [1.165, 1.54) is 0 Å². The van der Waals surface area contributed by atoms with Gasteiger partial charge >= 0.3 is 0 Å². The summed E-state index contributed by atoms with van der Waals surface area (Å²) in [6.45, 7) is 2.03. The van der Waals surface area contributed by atoms with Gasteiger partial charge in [0.1, 0.15) is 0 Å². The summed E-state index contributed by atoms with van der Waals surface area (Å²) in [5, 5.41) is 10.6. The number of hydrogen-bond acceptors (Lipinski definition) is 3. The lowest BCUT2D eigenvalue weighted by atomic mass is 10.1.